The molecule has 7 nitrogen and oxygen atoms in total. The lowest BCUT2D eigenvalue weighted by molar-refractivity contribution is 0.112. The minimum Gasteiger partial charge on any atom is -0.376 e. The van der Waals surface area contributed by atoms with E-state index in [0.717, 1.165) is 30.6 Å². The fraction of sp³-hybridized carbons (Fsp3) is 0.312. The molecular formula is C16H19N5O2. The van der Waals surface area contributed by atoms with Crippen LogP contribution in [0.25, 0.3) is 11.1 Å². The number of hydrogen-bond donors (Lipinski definition) is 3. The molecule has 2 aromatic rings. The molecule has 1 unspecified atom stereocenters. The predicted molar refractivity (Wildman–Crippen MR) is 87.9 cm³/mol. The first kappa shape index (κ1) is 15.2. The molecule has 1 aliphatic rings. The topological polar surface area (TPSA) is 102 Å². The summed E-state index contributed by atoms with van der Waals surface area (Å²) in [6, 6.07) is 7.23. The lowest BCUT2D eigenvalue weighted by Gasteiger charge is -2.12. The molecule has 4 N–H and O–H groups in total. The number of carbonyl (C=O) groups excluding carboxylic acids is 1. The van der Waals surface area contributed by atoms with Gasteiger partial charge in [0.2, 0.25) is 5.95 Å². The van der Waals surface area contributed by atoms with E-state index in [1.807, 2.05) is 24.3 Å². The van der Waals surface area contributed by atoms with Gasteiger partial charge in [-0.25, -0.2) is 14.8 Å². The molecule has 0 bridgehead atoms. The van der Waals surface area contributed by atoms with Crippen LogP contribution in [-0.4, -0.2) is 35.3 Å². The first-order chi connectivity index (χ1) is 11.2. The van der Waals surface area contributed by atoms with Crippen molar-refractivity contribution in [2.24, 2.45) is 0 Å². The first-order valence-corrected chi connectivity index (χ1v) is 7.55. The lowest BCUT2D eigenvalue weighted by atomic mass is 10.1. The highest BCUT2D eigenvalue weighted by Crippen LogP contribution is 2.21. The Kier molecular flexibility index (Phi) is 4.68. The van der Waals surface area contributed by atoms with Crippen molar-refractivity contribution in [3.05, 3.63) is 36.7 Å². The van der Waals surface area contributed by atoms with Gasteiger partial charge < -0.3 is 21.1 Å². The number of nitrogens with zero attached hydrogens (tertiary/aromatic N) is 2. The van der Waals surface area contributed by atoms with Crippen molar-refractivity contribution in [3.63, 3.8) is 0 Å². The molecule has 1 atom stereocenters. The number of nitrogens with two attached hydrogens (primary N) is 1. The third-order valence-electron chi connectivity index (χ3n) is 3.64. The summed E-state index contributed by atoms with van der Waals surface area (Å²) in [5.74, 6) is 0.233. The highest BCUT2D eigenvalue weighted by molar-refractivity contribution is 5.90. The van der Waals surface area contributed by atoms with E-state index in [-0.39, 0.29) is 18.1 Å². The summed E-state index contributed by atoms with van der Waals surface area (Å²) >= 11 is 0. The van der Waals surface area contributed by atoms with E-state index < -0.39 is 0 Å². The largest absolute Gasteiger partial charge is 0.376 e. The van der Waals surface area contributed by atoms with E-state index >= 15 is 0 Å². The standard InChI is InChI=1S/C16H19N5O2/c17-15-18-8-12(9-19-15)11-3-1-4-13(7-11)21-16(22)20-10-14-5-2-6-23-14/h1,3-4,7-9,14H,2,5-6,10H2,(H2,17,18,19)(H2,20,21,22). The molecule has 3 rings (SSSR count). The second kappa shape index (κ2) is 7.06. The van der Waals surface area contributed by atoms with Gasteiger partial charge in [-0.1, -0.05) is 12.1 Å². The van der Waals surface area contributed by atoms with Gasteiger partial charge in [0.05, 0.1) is 6.10 Å². The number of urea groups is 1. The van der Waals surface area contributed by atoms with Crippen LogP contribution in [0.4, 0.5) is 16.4 Å². The SMILES string of the molecule is Nc1ncc(-c2cccc(NC(=O)NCC3CCCO3)c2)cn1. The quantitative estimate of drug-likeness (QED) is 0.801. The molecule has 2 heterocycles. The Morgan fingerprint density at radius 3 is 2.87 bits per heavy atom. The Morgan fingerprint density at radius 2 is 2.13 bits per heavy atom. The fourth-order valence-electron chi connectivity index (χ4n) is 2.45. The van der Waals surface area contributed by atoms with E-state index in [1.165, 1.54) is 0 Å². The summed E-state index contributed by atoms with van der Waals surface area (Å²) in [7, 11) is 0. The van der Waals surface area contributed by atoms with E-state index in [4.69, 9.17) is 10.5 Å². The Hall–Kier alpha value is -2.67. The van der Waals surface area contributed by atoms with Crippen molar-refractivity contribution in [2.75, 3.05) is 24.2 Å². The van der Waals surface area contributed by atoms with Crippen LogP contribution in [0.2, 0.25) is 0 Å². The van der Waals surface area contributed by atoms with Gasteiger partial charge in [-0.15, -0.1) is 0 Å². The molecule has 0 aliphatic carbocycles. The van der Waals surface area contributed by atoms with Gasteiger partial charge in [0.25, 0.3) is 0 Å². The number of anilines is 2. The molecule has 7 heteroatoms. The smallest absolute Gasteiger partial charge is 0.319 e. The van der Waals surface area contributed by atoms with Crippen LogP contribution >= 0.6 is 0 Å². The minimum absolute atomic E-state index is 0.124. The van der Waals surface area contributed by atoms with Crippen molar-refractivity contribution in [1.29, 1.82) is 0 Å². The maximum absolute atomic E-state index is 11.9. The van der Waals surface area contributed by atoms with Crippen LogP contribution < -0.4 is 16.4 Å². The Bertz CT molecular complexity index is 668. The molecule has 1 fully saturated rings. The molecule has 1 aliphatic heterocycles. The van der Waals surface area contributed by atoms with Crippen molar-refractivity contribution in [3.8, 4) is 11.1 Å². The number of nitrogen functional groups attached to an aromatic ring is 1. The number of rotatable bonds is 4. The molecule has 0 spiro atoms. The molecule has 2 amide bonds. The maximum Gasteiger partial charge on any atom is 0.319 e. The summed E-state index contributed by atoms with van der Waals surface area (Å²) in [5.41, 5.74) is 7.93. The van der Waals surface area contributed by atoms with Crippen LogP contribution in [0, 0.1) is 0 Å². The molecule has 1 aromatic heterocycles. The van der Waals surface area contributed by atoms with E-state index in [1.54, 1.807) is 12.4 Å². The normalized spacial score (nSPS) is 17.0. The zero-order chi connectivity index (χ0) is 16.1. The molecular weight excluding hydrogens is 294 g/mol. The van der Waals surface area contributed by atoms with Crippen LogP contribution in [0.5, 0.6) is 0 Å². The van der Waals surface area contributed by atoms with E-state index in [2.05, 4.69) is 20.6 Å². The van der Waals surface area contributed by atoms with Crippen LogP contribution in [-0.2, 0) is 4.74 Å². The van der Waals surface area contributed by atoms with Crippen molar-refractivity contribution in [2.45, 2.75) is 18.9 Å². The lowest BCUT2D eigenvalue weighted by Crippen LogP contribution is -2.35. The van der Waals surface area contributed by atoms with Gasteiger partial charge in [-0.2, -0.15) is 0 Å². The fourth-order valence-corrected chi connectivity index (χ4v) is 2.45. The average molecular weight is 313 g/mol. The highest BCUT2D eigenvalue weighted by Gasteiger charge is 2.16. The molecule has 1 saturated heterocycles. The van der Waals surface area contributed by atoms with Gasteiger partial charge in [-0.05, 0) is 30.5 Å². The van der Waals surface area contributed by atoms with Gasteiger partial charge >= 0.3 is 6.03 Å². The average Bonchev–Trinajstić information content (AvgIpc) is 3.07. The first-order valence-electron chi connectivity index (χ1n) is 7.55. The molecule has 1 aromatic carbocycles. The summed E-state index contributed by atoms with van der Waals surface area (Å²) in [6.07, 6.45) is 5.48. The Balaban J connectivity index is 1.60. The van der Waals surface area contributed by atoms with Crippen molar-refractivity contribution >= 4 is 17.7 Å². The maximum atomic E-state index is 11.9. The van der Waals surface area contributed by atoms with Gasteiger partial charge in [0.15, 0.2) is 0 Å². The number of hydrogen-bond acceptors (Lipinski definition) is 5. The van der Waals surface area contributed by atoms with E-state index in [9.17, 15) is 4.79 Å². The number of nitrogens with one attached hydrogen (secondary N) is 2. The summed E-state index contributed by atoms with van der Waals surface area (Å²) < 4.78 is 5.47. The van der Waals surface area contributed by atoms with Crippen LogP contribution in [0.15, 0.2) is 36.7 Å². The summed E-state index contributed by atoms with van der Waals surface area (Å²) in [4.78, 5) is 19.9. The monoisotopic (exact) mass is 313 g/mol. The molecule has 0 saturated carbocycles. The predicted octanol–water partition coefficient (Wildman–Crippen LogP) is 2.03. The van der Waals surface area contributed by atoms with Gasteiger partial charge in [0.1, 0.15) is 0 Å². The number of ether oxygens (including phenoxy) is 1. The Morgan fingerprint density at radius 1 is 1.30 bits per heavy atom. The van der Waals surface area contributed by atoms with E-state index in [0.29, 0.717) is 12.2 Å². The molecule has 23 heavy (non-hydrogen) atoms. The third-order valence-corrected chi connectivity index (χ3v) is 3.64. The number of amides is 2. The van der Waals surface area contributed by atoms with Crippen LogP contribution in [0.3, 0.4) is 0 Å². The van der Waals surface area contributed by atoms with Gasteiger partial charge in [-0.3, -0.25) is 0 Å². The van der Waals surface area contributed by atoms with Crippen molar-refractivity contribution in [1.82, 2.24) is 15.3 Å². The minimum atomic E-state index is -0.244. The summed E-state index contributed by atoms with van der Waals surface area (Å²) in [6.45, 7) is 1.30. The Labute approximate surface area is 134 Å². The third kappa shape index (κ3) is 4.17. The van der Waals surface area contributed by atoms with Crippen molar-refractivity contribution < 1.29 is 9.53 Å². The number of aromatic nitrogens is 2. The number of benzene rings is 1. The second-order valence-electron chi connectivity index (χ2n) is 5.38. The molecule has 120 valence electrons. The second-order valence-corrected chi connectivity index (χ2v) is 5.38. The zero-order valence-corrected chi connectivity index (χ0v) is 12.7. The van der Waals surface area contributed by atoms with Gasteiger partial charge in [0, 0.05) is 36.8 Å². The highest BCUT2D eigenvalue weighted by atomic mass is 16.5. The number of carbonyl (C=O) groups is 1. The zero-order valence-electron chi connectivity index (χ0n) is 12.7. The molecule has 0 radical (unpaired) electrons. The van der Waals surface area contributed by atoms with Crippen LogP contribution in [0.1, 0.15) is 12.8 Å². The summed E-state index contributed by atoms with van der Waals surface area (Å²) in [5, 5.41) is 5.64.